The fourth-order valence-corrected chi connectivity index (χ4v) is 3.04. The molecule has 0 saturated heterocycles. The molecule has 0 radical (unpaired) electrons. The van der Waals surface area contributed by atoms with Crippen molar-refractivity contribution < 1.29 is 18.7 Å². The normalized spacial score (nSPS) is 11.6. The Morgan fingerprint density at radius 1 is 1.23 bits per heavy atom. The Balaban J connectivity index is 1.77. The number of hydrazine groups is 1. The van der Waals surface area contributed by atoms with Gasteiger partial charge in [-0.1, -0.05) is 30.3 Å². The van der Waals surface area contributed by atoms with Crippen LogP contribution in [-0.4, -0.2) is 29.9 Å². The molecule has 3 aromatic rings. The molecule has 1 heterocycles. The number of aromatic hydroxyl groups is 1. The van der Waals surface area contributed by atoms with E-state index in [2.05, 4.69) is 0 Å². The Morgan fingerprint density at radius 3 is 2.73 bits per heavy atom. The maximum atomic E-state index is 12.2. The van der Waals surface area contributed by atoms with Gasteiger partial charge in [0.1, 0.15) is 6.61 Å². The highest BCUT2D eigenvalue weighted by molar-refractivity contribution is 5.97. The number of hydrogen-bond donors (Lipinski definition) is 3. The number of hydrogen-bond acceptors (Lipinski definition) is 7. The van der Waals surface area contributed by atoms with Crippen LogP contribution in [0.1, 0.15) is 12.8 Å². The number of nitrogens with two attached hydrogens (primary N) is 2. The number of nitrogens with zero attached hydrogens (tertiary/aromatic N) is 1. The number of alkyl halides is 1. The molecule has 0 fully saturated rings. The van der Waals surface area contributed by atoms with Crippen LogP contribution in [0.5, 0.6) is 11.5 Å². The van der Waals surface area contributed by atoms with Crippen molar-refractivity contribution in [2.45, 2.75) is 12.8 Å². The Labute approximate surface area is 172 Å². The van der Waals surface area contributed by atoms with Crippen LogP contribution in [0, 0.1) is 0 Å². The van der Waals surface area contributed by atoms with Gasteiger partial charge in [-0.3, -0.25) is 4.39 Å². The van der Waals surface area contributed by atoms with Gasteiger partial charge in [-0.15, -0.1) is 0 Å². The molecule has 0 saturated carbocycles. The van der Waals surface area contributed by atoms with Crippen molar-refractivity contribution in [3.05, 3.63) is 70.8 Å². The van der Waals surface area contributed by atoms with E-state index in [1.165, 1.54) is 17.3 Å². The summed E-state index contributed by atoms with van der Waals surface area (Å²) < 4.78 is 23.0. The van der Waals surface area contributed by atoms with E-state index >= 15 is 0 Å². The average molecular weight is 413 g/mol. The van der Waals surface area contributed by atoms with Crippen LogP contribution >= 0.6 is 0 Å². The van der Waals surface area contributed by atoms with E-state index in [-0.39, 0.29) is 30.2 Å². The fraction of sp³-hybridized carbons (Fsp3) is 0.227. The summed E-state index contributed by atoms with van der Waals surface area (Å²) in [6, 6.07) is 14.1. The molecule has 0 unspecified atom stereocenters. The molecule has 158 valence electrons. The Kier molecular flexibility index (Phi) is 6.92. The smallest absolute Gasteiger partial charge is 0.336 e. The molecule has 0 bridgehead atoms. The highest BCUT2D eigenvalue weighted by Gasteiger charge is 2.15. The lowest BCUT2D eigenvalue weighted by Crippen LogP contribution is -2.31. The zero-order chi connectivity index (χ0) is 21.5. The standard InChI is InChI=1S/C22H24FN3O4/c23-10-4-7-16(24)14-26(25)11-12-29-19-9-8-17-18(15-5-2-1-3-6-15)13-20(27)30-22(17)21(19)28/h1-3,5-6,8-9,13-14,28H,4,7,10-12,24-25H2/b16-14-. The summed E-state index contributed by atoms with van der Waals surface area (Å²) in [6.07, 6.45) is 2.28. The molecule has 0 aliphatic carbocycles. The van der Waals surface area contributed by atoms with Crippen molar-refractivity contribution in [1.82, 2.24) is 5.01 Å². The first-order chi connectivity index (χ1) is 14.5. The highest BCUT2D eigenvalue weighted by Crippen LogP contribution is 2.37. The molecule has 3 rings (SSSR count). The van der Waals surface area contributed by atoms with Crippen LogP contribution in [0.15, 0.2) is 69.6 Å². The van der Waals surface area contributed by atoms with Crippen LogP contribution in [0.25, 0.3) is 22.1 Å². The second kappa shape index (κ2) is 9.80. The number of phenols is 1. The van der Waals surface area contributed by atoms with E-state index in [9.17, 15) is 14.3 Å². The van der Waals surface area contributed by atoms with Gasteiger partial charge in [0.15, 0.2) is 11.3 Å². The largest absolute Gasteiger partial charge is 0.502 e. The first-order valence-electron chi connectivity index (χ1n) is 9.51. The topological polar surface area (TPSA) is 115 Å². The van der Waals surface area contributed by atoms with Crippen LogP contribution in [0.3, 0.4) is 0 Å². The van der Waals surface area contributed by atoms with Crippen molar-refractivity contribution in [3.63, 3.8) is 0 Å². The van der Waals surface area contributed by atoms with Gasteiger partial charge in [-0.25, -0.2) is 10.6 Å². The number of rotatable bonds is 9. The minimum Gasteiger partial charge on any atom is -0.502 e. The number of ether oxygens (including phenoxy) is 1. The van der Waals surface area contributed by atoms with Crippen LogP contribution in [0.2, 0.25) is 0 Å². The Bertz CT molecular complexity index is 1080. The van der Waals surface area contributed by atoms with Gasteiger partial charge in [0, 0.05) is 23.3 Å². The summed E-state index contributed by atoms with van der Waals surface area (Å²) in [5.74, 6) is 5.73. The predicted molar refractivity (Wildman–Crippen MR) is 113 cm³/mol. The lowest BCUT2D eigenvalue weighted by molar-refractivity contribution is 0.248. The van der Waals surface area contributed by atoms with Gasteiger partial charge in [-0.05, 0) is 36.1 Å². The van der Waals surface area contributed by atoms with E-state index in [4.69, 9.17) is 20.7 Å². The van der Waals surface area contributed by atoms with Crippen LogP contribution < -0.4 is 21.9 Å². The molecule has 1 aromatic heterocycles. The summed E-state index contributed by atoms with van der Waals surface area (Å²) in [7, 11) is 0. The van der Waals surface area contributed by atoms with Crippen molar-refractivity contribution in [2.24, 2.45) is 11.6 Å². The van der Waals surface area contributed by atoms with Crippen molar-refractivity contribution in [3.8, 4) is 22.6 Å². The molecule has 30 heavy (non-hydrogen) atoms. The molecular formula is C22H24FN3O4. The van der Waals surface area contributed by atoms with Crippen molar-refractivity contribution in [1.29, 1.82) is 0 Å². The van der Waals surface area contributed by atoms with Gasteiger partial charge in [-0.2, -0.15) is 0 Å². The maximum Gasteiger partial charge on any atom is 0.336 e. The molecule has 0 aliphatic rings. The van der Waals surface area contributed by atoms with Gasteiger partial charge >= 0.3 is 5.63 Å². The number of benzene rings is 2. The van der Waals surface area contributed by atoms with Gasteiger partial charge < -0.3 is 25.0 Å². The lowest BCUT2D eigenvalue weighted by atomic mass is 10.0. The third-order valence-corrected chi connectivity index (χ3v) is 4.47. The first kappa shape index (κ1) is 21.2. The van der Waals surface area contributed by atoms with Gasteiger partial charge in [0.2, 0.25) is 5.75 Å². The zero-order valence-electron chi connectivity index (χ0n) is 16.4. The summed E-state index contributed by atoms with van der Waals surface area (Å²) in [6.45, 7) is -0.0154. The summed E-state index contributed by atoms with van der Waals surface area (Å²) in [5.41, 5.74) is 7.20. The first-order valence-corrected chi connectivity index (χ1v) is 9.51. The second-order valence-corrected chi connectivity index (χ2v) is 6.72. The molecule has 0 atom stereocenters. The number of halogens is 1. The summed E-state index contributed by atoms with van der Waals surface area (Å²) in [5, 5.41) is 12.5. The van der Waals surface area contributed by atoms with E-state index in [1.54, 1.807) is 12.1 Å². The van der Waals surface area contributed by atoms with Crippen molar-refractivity contribution >= 4 is 11.0 Å². The van der Waals surface area contributed by atoms with Crippen molar-refractivity contribution in [2.75, 3.05) is 19.8 Å². The predicted octanol–water partition coefficient (Wildman–Crippen LogP) is 3.27. The third kappa shape index (κ3) is 5.09. The average Bonchev–Trinajstić information content (AvgIpc) is 2.74. The summed E-state index contributed by atoms with van der Waals surface area (Å²) in [4.78, 5) is 12.0. The number of phenolic OH excluding ortho intramolecular Hbond substituents is 1. The highest BCUT2D eigenvalue weighted by atomic mass is 19.1. The molecule has 8 heteroatoms. The lowest BCUT2D eigenvalue weighted by Gasteiger charge is -2.16. The molecule has 7 nitrogen and oxygen atoms in total. The van der Waals surface area contributed by atoms with E-state index in [0.29, 0.717) is 29.5 Å². The molecule has 5 N–H and O–H groups in total. The number of allylic oxidation sites excluding steroid dienone is 1. The minimum absolute atomic E-state index is 0.0545. The van der Waals surface area contributed by atoms with E-state index < -0.39 is 12.3 Å². The van der Waals surface area contributed by atoms with Crippen LogP contribution in [-0.2, 0) is 0 Å². The molecular weight excluding hydrogens is 389 g/mol. The van der Waals surface area contributed by atoms with Gasteiger partial charge in [0.05, 0.1) is 13.2 Å². The molecule has 0 aliphatic heterocycles. The molecule has 2 aromatic carbocycles. The molecule has 0 spiro atoms. The van der Waals surface area contributed by atoms with E-state index in [1.807, 2.05) is 30.3 Å². The molecule has 0 amide bonds. The Morgan fingerprint density at radius 2 is 2.00 bits per heavy atom. The minimum atomic E-state index is -0.573. The summed E-state index contributed by atoms with van der Waals surface area (Å²) >= 11 is 0. The van der Waals surface area contributed by atoms with Gasteiger partial charge in [0.25, 0.3) is 0 Å². The SMILES string of the molecule is N/C(=C\N(N)CCOc1ccc2c(-c3ccccc3)cc(=O)oc2c1O)CCCF. The third-order valence-electron chi connectivity index (χ3n) is 4.47. The number of fused-ring (bicyclic) bond motifs is 1. The fourth-order valence-electron chi connectivity index (χ4n) is 3.04. The zero-order valence-corrected chi connectivity index (χ0v) is 16.4. The van der Waals surface area contributed by atoms with Crippen LogP contribution in [0.4, 0.5) is 4.39 Å². The second-order valence-electron chi connectivity index (χ2n) is 6.72. The Hall–Kier alpha value is -3.52. The van der Waals surface area contributed by atoms with E-state index in [0.717, 1.165) is 5.56 Å². The maximum absolute atomic E-state index is 12.2. The quantitative estimate of drug-likeness (QED) is 0.280. The monoisotopic (exact) mass is 413 g/mol.